The molecule has 0 aliphatic heterocycles. The molecular weight excluding hydrogens is 399 g/mol. The molecule has 0 fully saturated rings. The maximum atomic E-state index is 12.7. The van der Waals surface area contributed by atoms with E-state index < -0.39 is 18.1 Å². The van der Waals surface area contributed by atoms with Gasteiger partial charge in [-0.3, -0.25) is 0 Å². The van der Waals surface area contributed by atoms with Crippen molar-refractivity contribution in [2.24, 2.45) is 0 Å². The fourth-order valence-corrected chi connectivity index (χ4v) is 2.70. The quantitative estimate of drug-likeness (QED) is 0.438. The summed E-state index contributed by atoms with van der Waals surface area (Å²) < 4.78 is 30.7. The summed E-state index contributed by atoms with van der Waals surface area (Å²) in [5.41, 5.74) is -0.724. The number of hydrogen-bond acceptors (Lipinski definition) is 3. The summed E-state index contributed by atoms with van der Waals surface area (Å²) in [5.74, 6) is -0.776. The Kier molecular flexibility index (Phi) is 5.03. The number of aromatic nitrogens is 1. The number of carbonyl (C=O) groups is 1. The number of carbonyl (C=O) groups excluding carboxylic acids is 1. The van der Waals surface area contributed by atoms with Crippen molar-refractivity contribution in [1.82, 2.24) is 4.98 Å². The minimum atomic E-state index is -2.81. The molecule has 16 heavy (non-hydrogen) atoms. The second-order valence-electron chi connectivity index (χ2n) is 2.71. The summed E-state index contributed by atoms with van der Waals surface area (Å²) in [6, 6.07) is 1.48. The van der Waals surface area contributed by atoms with Crippen molar-refractivity contribution in [3.05, 3.63) is 25.5 Å². The molecule has 3 nitrogen and oxygen atoms in total. The van der Waals surface area contributed by atoms with Gasteiger partial charge in [0.25, 0.3) is 6.43 Å². The number of alkyl halides is 2. The topological polar surface area (TPSA) is 39.2 Å². The number of ether oxygens (including phenoxy) is 1. The minimum Gasteiger partial charge on any atom is -0.462 e. The number of halogens is 4. The van der Waals surface area contributed by atoms with Crippen LogP contribution in [-0.2, 0) is 4.74 Å². The molecule has 0 aromatic carbocycles. The Bertz CT molecular complexity index is 415. The molecule has 0 N–H and O–H groups in total. The number of hydrogen-bond donors (Lipinski definition) is 0. The van der Waals surface area contributed by atoms with Crippen molar-refractivity contribution < 1.29 is 18.3 Å². The first-order chi connectivity index (χ1) is 7.47. The third-order valence-electron chi connectivity index (χ3n) is 1.65. The molecule has 0 aliphatic rings. The van der Waals surface area contributed by atoms with Gasteiger partial charge in [-0.2, -0.15) is 0 Å². The van der Waals surface area contributed by atoms with Crippen LogP contribution in [0.5, 0.6) is 0 Å². The Morgan fingerprint density at radius 1 is 1.69 bits per heavy atom. The molecule has 0 saturated carbocycles. The van der Waals surface area contributed by atoms with Crippen molar-refractivity contribution in [1.29, 1.82) is 0 Å². The van der Waals surface area contributed by atoms with Crippen LogP contribution in [0.2, 0.25) is 0 Å². The first kappa shape index (κ1) is 13.8. The van der Waals surface area contributed by atoms with Crippen LogP contribution >= 0.6 is 38.5 Å². The van der Waals surface area contributed by atoms with E-state index in [-0.39, 0.29) is 16.8 Å². The van der Waals surface area contributed by atoms with Gasteiger partial charge in [0.1, 0.15) is 15.9 Å². The highest BCUT2D eigenvalue weighted by atomic mass is 127. The zero-order chi connectivity index (χ0) is 12.3. The van der Waals surface area contributed by atoms with Gasteiger partial charge in [-0.15, -0.1) is 0 Å². The highest BCUT2D eigenvalue weighted by Crippen LogP contribution is 2.27. The first-order valence-corrected chi connectivity index (χ1v) is 6.15. The van der Waals surface area contributed by atoms with Gasteiger partial charge >= 0.3 is 5.97 Å². The standard InChI is InChI=1S/C9H7BrF2INO2/c1-2-16-9(15)6-4(13)3-5(10)14-7(6)8(11)12/h3,8H,2H2,1H3. The molecule has 0 amide bonds. The van der Waals surface area contributed by atoms with Gasteiger partial charge in [0, 0.05) is 3.57 Å². The predicted molar refractivity (Wildman–Crippen MR) is 65.6 cm³/mol. The SMILES string of the molecule is CCOC(=O)c1c(I)cc(Br)nc1C(F)F. The molecule has 0 bridgehead atoms. The van der Waals surface area contributed by atoms with Gasteiger partial charge in [0.2, 0.25) is 0 Å². The fourth-order valence-electron chi connectivity index (χ4n) is 1.07. The normalized spacial score (nSPS) is 10.6. The van der Waals surface area contributed by atoms with Crippen LogP contribution in [0.15, 0.2) is 10.7 Å². The number of esters is 1. The zero-order valence-electron chi connectivity index (χ0n) is 8.14. The van der Waals surface area contributed by atoms with Crippen LogP contribution in [0.25, 0.3) is 0 Å². The third kappa shape index (κ3) is 3.09. The van der Waals surface area contributed by atoms with E-state index in [1.165, 1.54) is 6.07 Å². The van der Waals surface area contributed by atoms with Crippen LogP contribution in [0.4, 0.5) is 8.78 Å². The molecule has 1 aromatic rings. The molecular formula is C9H7BrF2INO2. The van der Waals surface area contributed by atoms with E-state index in [0.29, 0.717) is 3.57 Å². The highest BCUT2D eigenvalue weighted by molar-refractivity contribution is 14.1. The maximum Gasteiger partial charge on any atom is 0.341 e. The summed E-state index contributed by atoms with van der Waals surface area (Å²) >= 11 is 4.80. The molecule has 0 radical (unpaired) electrons. The lowest BCUT2D eigenvalue weighted by Crippen LogP contribution is -2.12. The van der Waals surface area contributed by atoms with Gasteiger partial charge in [-0.25, -0.2) is 18.6 Å². The van der Waals surface area contributed by atoms with Gasteiger partial charge in [0.15, 0.2) is 0 Å². The second kappa shape index (κ2) is 5.85. The molecule has 1 heterocycles. The van der Waals surface area contributed by atoms with Gasteiger partial charge in [-0.05, 0) is 51.5 Å². The molecule has 0 aliphatic carbocycles. The lowest BCUT2D eigenvalue weighted by molar-refractivity contribution is 0.0512. The van der Waals surface area contributed by atoms with E-state index in [2.05, 4.69) is 20.9 Å². The van der Waals surface area contributed by atoms with Crippen molar-refractivity contribution >= 4 is 44.5 Å². The Labute approximate surface area is 113 Å². The molecule has 88 valence electrons. The first-order valence-electron chi connectivity index (χ1n) is 4.28. The molecule has 0 atom stereocenters. The minimum absolute atomic E-state index is 0.133. The van der Waals surface area contributed by atoms with Crippen molar-refractivity contribution in [3.63, 3.8) is 0 Å². The van der Waals surface area contributed by atoms with E-state index in [9.17, 15) is 13.6 Å². The van der Waals surface area contributed by atoms with E-state index >= 15 is 0 Å². The molecule has 1 aromatic heterocycles. The number of nitrogens with zero attached hydrogens (tertiary/aromatic N) is 1. The average Bonchev–Trinajstić information content (AvgIpc) is 2.16. The van der Waals surface area contributed by atoms with Gasteiger partial charge < -0.3 is 4.74 Å². The van der Waals surface area contributed by atoms with Gasteiger partial charge in [-0.1, -0.05) is 0 Å². The van der Waals surface area contributed by atoms with Crippen molar-refractivity contribution in [3.8, 4) is 0 Å². The number of pyridine rings is 1. The number of rotatable bonds is 3. The van der Waals surface area contributed by atoms with E-state index in [4.69, 9.17) is 4.74 Å². The molecule has 0 spiro atoms. The summed E-state index contributed by atoms with van der Waals surface area (Å²) in [7, 11) is 0. The van der Waals surface area contributed by atoms with E-state index in [1.807, 2.05) is 0 Å². The molecule has 7 heteroatoms. The van der Waals surface area contributed by atoms with Crippen LogP contribution in [0.1, 0.15) is 29.4 Å². The maximum absolute atomic E-state index is 12.7. The monoisotopic (exact) mass is 405 g/mol. The van der Waals surface area contributed by atoms with Crippen LogP contribution in [0.3, 0.4) is 0 Å². The smallest absolute Gasteiger partial charge is 0.341 e. The zero-order valence-corrected chi connectivity index (χ0v) is 11.9. The predicted octanol–water partition coefficient (Wildman–Crippen LogP) is 3.56. The Morgan fingerprint density at radius 3 is 2.81 bits per heavy atom. The van der Waals surface area contributed by atoms with E-state index in [1.54, 1.807) is 29.5 Å². The van der Waals surface area contributed by atoms with Crippen LogP contribution in [-0.4, -0.2) is 17.6 Å². The summed E-state index contributed by atoms with van der Waals surface area (Å²) in [4.78, 5) is 15.1. The average molecular weight is 406 g/mol. The highest BCUT2D eigenvalue weighted by Gasteiger charge is 2.24. The van der Waals surface area contributed by atoms with Gasteiger partial charge in [0.05, 0.1) is 6.61 Å². The van der Waals surface area contributed by atoms with Crippen molar-refractivity contribution in [2.75, 3.05) is 6.61 Å². The van der Waals surface area contributed by atoms with Crippen LogP contribution in [0, 0.1) is 3.57 Å². The molecule has 1 rings (SSSR count). The fraction of sp³-hybridized carbons (Fsp3) is 0.333. The summed E-state index contributed by atoms with van der Waals surface area (Å²) in [6.07, 6.45) is -2.81. The molecule has 0 saturated heterocycles. The van der Waals surface area contributed by atoms with Crippen LogP contribution < -0.4 is 0 Å². The second-order valence-corrected chi connectivity index (χ2v) is 4.68. The Balaban J connectivity index is 3.29. The molecule has 0 unspecified atom stereocenters. The van der Waals surface area contributed by atoms with Crippen molar-refractivity contribution in [2.45, 2.75) is 13.3 Å². The lowest BCUT2D eigenvalue weighted by Gasteiger charge is -2.09. The van der Waals surface area contributed by atoms with E-state index in [0.717, 1.165) is 0 Å². The lowest BCUT2D eigenvalue weighted by atomic mass is 10.2. The Hall–Kier alpha value is -0.310. The summed E-state index contributed by atoms with van der Waals surface area (Å²) in [6.45, 7) is 1.74. The summed E-state index contributed by atoms with van der Waals surface area (Å²) in [5, 5.41) is 0. The Morgan fingerprint density at radius 2 is 2.31 bits per heavy atom. The third-order valence-corrected chi connectivity index (χ3v) is 2.91. The largest absolute Gasteiger partial charge is 0.462 e.